The number of anilines is 2. The van der Waals surface area contributed by atoms with Crippen molar-refractivity contribution in [2.45, 2.75) is 13.0 Å². The van der Waals surface area contributed by atoms with E-state index in [1.165, 1.54) is 0 Å². The molecule has 0 spiro atoms. The molecule has 1 atom stereocenters. The Balaban J connectivity index is 2.07. The Kier molecular flexibility index (Phi) is 3.63. The zero-order valence-corrected chi connectivity index (χ0v) is 12.8. The van der Waals surface area contributed by atoms with Crippen LogP contribution in [0.3, 0.4) is 0 Å². The first-order valence-corrected chi connectivity index (χ1v) is 7.07. The fourth-order valence-electron chi connectivity index (χ4n) is 2.77. The van der Waals surface area contributed by atoms with Gasteiger partial charge in [0.2, 0.25) is 0 Å². The molecular formula is C17H18N2O3. The van der Waals surface area contributed by atoms with Gasteiger partial charge in [0.1, 0.15) is 0 Å². The number of nitrogens with one attached hydrogen (secondary N) is 1. The van der Waals surface area contributed by atoms with E-state index in [0.29, 0.717) is 11.5 Å². The smallest absolute Gasteiger partial charge is 0.326 e. The number of hydrogen-bond acceptors (Lipinski definition) is 3. The highest BCUT2D eigenvalue weighted by Crippen LogP contribution is 2.41. The van der Waals surface area contributed by atoms with Gasteiger partial charge in [-0.1, -0.05) is 18.2 Å². The topological polar surface area (TPSA) is 50.8 Å². The number of benzene rings is 2. The van der Waals surface area contributed by atoms with E-state index in [4.69, 9.17) is 9.47 Å². The second-order valence-electron chi connectivity index (χ2n) is 5.11. The molecule has 1 aliphatic rings. The summed E-state index contributed by atoms with van der Waals surface area (Å²) in [6, 6.07) is 13.0. The molecular weight excluding hydrogens is 280 g/mol. The van der Waals surface area contributed by atoms with Crippen LogP contribution in [0.1, 0.15) is 18.5 Å². The number of rotatable bonds is 3. The molecule has 22 heavy (non-hydrogen) atoms. The predicted molar refractivity (Wildman–Crippen MR) is 85.9 cm³/mol. The van der Waals surface area contributed by atoms with E-state index < -0.39 is 0 Å². The molecule has 0 saturated carbocycles. The van der Waals surface area contributed by atoms with Gasteiger partial charge in [0.15, 0.2) is 11.5 Å². The number of ether oxygens (including phenoxy) is 2. The monoisotopic (exact) mass is 298 g/mol. The van der Waals surface area contributed by atoms with E-state index in [-0.39, 0.29) is 12.1 Å². The zero-order chi connectivity index (χ0) is 15.7. The highest BCUT2D eigenvalue weighted by Gasteiger charge is 2.31. The molecule has 1 heterocycles. The van der Waals surface area contributed by atoms with Crippen LogP contribution in [-0.2, 0) is 0 Å². The molecule has 1 N–H and O–H groups in total. The number of amides is 2. The Morgan fingerprint density at radius 1 is 1.05 bits per heavy atom. The lowest BCUT2D eigenvalue weighted by Gasteiger charge is -2.35. The average molecular weight is 298 g/mol. The van der Waals surface area contributed by atoms with Crippen LogP contribution >= 0.6 is 0 Å². The number of hydrogen-bond donors (Lipinski definition) is 1. The van der Waals surface area contributed by atoms with Crippen LogP contribution in [0.5, 0.6) is 11.5 Å². The number of methoxy groups -OCH3 is 2. The van der Waals surface area contributed by atoms with Crippen molar-refractivity contribution in [1.29, 1.82) is 0 Å². The van der Waals surface area contributed by atoms with E-state index in [0.717, 1.165) is 16.9 Å². The number of fused-ring (bicyclic) bond motifs is 1. The van der Waals surface area contributed by atoms with Crippen LogP contribution in [0.4, 0.5) is 16.2 Å². The maximum Gasteiger partial charge on any atom is 0.326 e. The minimum absolute atomic E-state index is 0.106. The number of nitrogens with zero attached hydrogens (tertiary/aromatic N) is 1. The van der Waals surface area contributed by atoms with E-state index >= 15 is 0 Å². The molecule has 0 radical (unpaired) electrons. The minimum Gasteiger partial charge on any atom is -0.493 e. The second-order valence-corrected chi connectivity index (χ2v) is 5.11. The van der Waals surface area contributed by atoms with Crippen LogP contribution in [0.15, 0.2) is 42.5 Å². The Labute approximate surface area is 129 Å². The number of urea groups is 1. The molecule has 5 heteroatoms. The fraction of sp³-hybridized carbons (Fsp3) is 0.235. The van der Waals surface area contributed by atoms with Gasteiger partial charge in [-0.3, -0.25) is 4.90 Å². The van der Waals surface area contributed by atoms with Gasteiger partial charge in [-0.05, 0) is 25.1 Å². The normalized spacial score (nSPS) is 16.8. The summed E-state index contributed by atoms with van der Waals surface area (Å²) in [7, 11) is 3.18. The maximum absolute atomic E-state index is 12.5. The lowest BCUT2D eigenvalue weighted by Crippen LogP contribution is -2.41. The van der Waals surface area contributed by atoms with Gasteiger partial charge in [-0.25, -0.2) is 4.79 Å². The second kappa shape index (κ2) is 5.60. The van der Waals surface area contributed by atoms with E-state index in [9.17, 15) is 4.79 Å². The average Bonchev–Trinajstić information content (AvgIpc) is 2.54. The molecule has 0 bridgehead atoms. The van der Waals surface area contributed by atoms with Gasteiger partial charge >= 0.3 is 6.03 Å². The van der Waals surface area contributed by atoms with Crippen molar-refractivity contribution >= 4 is 17.4 Å². The van der Waals surface area contributed by atoms with Crippen molar-refractivity contribution < 1.29 is 14.3 Å². The van der Waals surface area contributed by atoms with Crippen LogP contribution < -0.4 is 19.7 Å². The van der Waals surface area contributed by atoms with Crippen molar-refractivity contribution in [2.75, 3.05) is 24.4 Å². The van der Waals surface area contributed by atoms with Gasteiger partial charge in [-0.15, -0.1) is 0 Å². The first-order valence-electron chi connectivity index (χ1n) is 7.07. The number of para-hydroxylation sites is 1. The first-order chi connectivity index (χ1) is 10.7. The van der Waals surface area contributed by atoms with Gasteiger partial charge in [0.05, 0.1) is 25.9 Å². The summed E-state index contributed by atoms with van der Waals surface area (Å²) >= 11 is 0. The van der Waals surface area contributed by atoms with Crippen LogP contribution in [0.2, 0.25) is 0 Å². The quantitative estimate of drug-likeness (QED) is 0.937. The third kappa shape index (κ3) is 2.24. The maximum atomic E-state index is 12.5. The minimum atomic E-state index is -0.154. The van der Waals surface area contributed by atoms with Gasteiger partial charge in [0.25, 0.3) is 0 Å². The summed E-state index contributed by atoms with van der Waals surface area (Å²) in [5.41, 5.74) is 2.59. The van der Waals surface area contributed by atoms with Crippen LogP contribution in [-0.4, -0.2) is 20.3 Å². The molecule has 0 saturated heterocycles. The molecule has 3 rings (SSSR count). The molecule has 0 aromatic heterocycles. The molecule has 0 fully saturated rings. The zero-order valence-electron chi connectivity index (χ0n) is 12.8. The summed E-state index contributed by atoms with van der Waals surface area (Å²) in [5, 5.41) is 2.92. The fourth-order valence-corrected chi connectivity index (χ4v) is 2.77. The van der Waals surface area contributed by atoms with Crippen molar-refractivity contribution in [2.24, 2.45) is 0 Å². The number of carbonyl (C=O) groups excluding carboxylic acids is 1. The Morgan fingerprint density at radius 3 is 2.32 bits per heavy atom. The first kappa shape index (κ1) is 14.3. The third-order valence-corrected chi connectivity index (χ3v) is 3.89. The van der Waals surface area contributed by atoms with Crippen molar-refractivity contribution in [3.8, 4) is 11.5 Å². The van der Waals surface area contributed by atoms with Gasteiger partial charge < -0.3 is 14.8 Å². The standard InChI is InChI=1S/C17H18N2O3/c1-11-13-9-15(21-2)16(22-3)10-14(13)18-17(20)19(11)12-7-5-4-6-8-12/h4-11H,1-3H3,(H,18,20). The van der Waals surface area contributed by atoms with Crippen LogP contribution in [0.25, 0.3) is 0 Å². The lowest BCUT2D eigenvalue weighted by molar-refractivity contribution is 0.254. The van der Waals surface area contributed by atoms with E-state index in [1.807, 2.05) is 43.3 Å². The Hall–Kier alpha value is -2.69. The van der Waals surface area contributed by atoms with Crippen LogP contribution in [0, 0.1) is 0 Å². The Bertz CT molecular complexity index is 701. The summed E-state index contributed by atoms with van der Waals surface area (Å²) < 4.78 is 10.7. The van der Waals surface area contributed by atoms with Crippen molar-refractivity contribution in [3.05, 3.63) is 48.0 Å². The summed E-state index contributed by atoms with van der Waals surface area (Å²) in [6.45, 7) is 2.00. The number of carbonyl (C=O) groups is 1. The molecule has 2 aromatic rings. The summed E-state index contributed by atoms with van der Waals surface area (Å²) in [5.74, 6) is 1.25. The summed E-state index contributed by atoms with van der Waals surface area (Å²) in [6.07, 6.45) is 0. The lowest BCUT2D eigenvalue weighted by atomic mass is 10.0. The molecule has 5 nitrogen and oxygen atoms in total. The van der Waals surface area contributed by atoms with E-state index in [1.54, 1.807) is 25.2 Å². The largest absolute Gasteiger partial charge is 0.493 e. The van der Waals surface area contributed by atoms with Gasteiger partial charge in [-0.2, -0.15) is 0 Å². The summed E-state index contributed by atoms with van der Waals surface area (Å²) in [4.78, 5) is 14.2. The third-order valence-electron chi connectivity index (χ3n) is 3.89. The molecule has 2 amide bonds. The highest BCUT2D eigenvalue weighted by atomic mass is 16.5. The molecule has 1 unspecified atom stereocenters. The predicted octanol–water partition coefficient (Wildman–Crippen LogP) is 3.82. The molecule has 1 aliphatic heterocycles. The molecule has 2 aromatic carbocycles. The van der Waals surface area contributed by atoms with Gasteiger partial charge in [0, 0.05) is 17.3 Å². The highest BCUT2D eigenvalue weighted by molar-refractivity contribution is 6.05. The SMILES string of the molecule is COc1cc2c(cc1OC)C(C)N(c1ccccc1)C(=O)N2. The van der Waals surface area contributed by atoms with Crippen molar-refractivity contribution in [1.82, 2.24) is 0 Å². The van der Waals surface area contributed by atoms with Crippen molar-refractivity contribution in [3.63, 3.8) is 0 Å². The Morgan fingerprint density at radius 2 is 1.68 bits per heavy atom. The van der Waals surface area contributed by atoms with E-state index in [2.05, 4.69) is 5.32 Å². The molecule has 114 valence electrons. The molecule has 0 aliphatic carbocycles.